The van der Waals surface area contributed by atoms with Crippen molar-refractivity contribution in [3.05, 3.63) is 30.1 Å². The zero-order chi connectivity index (χ0) is 13.0. The standard InChI is InChI=1S/C12H14FN3O2/c13-9-3-5-10(6-4-9)15-16-11(17)7-14-12(18)8-1-2-8/h3-6,8,15H,1-2,7H2,(H,14,18)(H,16,17). The number of hydrogen-bond acceptors (Lipinski definition) is 3. The molecule has 96 valence electrons. The number of hydrogen-bond donors (Lipinski definition) is 3. The van der Waals surface area contributed by atoms with Crippen LogP contribution in [0, 0.1) is 11.7 Å². The Labute approximate surface area is 104 Å². The van der Waals surface area contributed by atoms with E-state index in [0.29, 0.717) is 5.69 Å². The second-order valence-corrected chi connectivity index (χ2v) is 4.17. The Morgan fingerprint density at radius 1 is 1.22 bits per heavy atom. The predicted molar refractivity (Wildman–Crippen MR) is 63.9 cm³/mol. The van der Waals surface area contributed by atoms with Gasteiger partial charge in [0.15, 0.2) is 0 Å². The van der Waals surface area contributed by atoms with Crippen LogP contribution in [-0.2, 0) is 9.59 Å². The monoisotopic (exact) mass is 251 g/mol. The van der Waals surface area contributed by atoms with E-state index >= 15 is 0 Å². The highest BCUT2D eigenvalue weighted by Crippen LogP contribution is 2.28. The molecule has 0 atom stereocenters. The van der Waals surface area contributed by atoms with Crippen LogP contribution in [0.4, 0.5) is 10.1 Å². The average molecular weight is 251 g/mol. The van der Waals surface area contributed by atoms with Gasteiger partial charge in [0, 0.05) is 5.92 Å². The topological polar surface area (TPSA) is 70.2 Å². The molecule has 0 spiro atoms. The van der Waals surface area contributed by atoms with Crippen molar-refractivity contribution in [3.8, 4) is 0 Å². The van der Waals surface area contributed by atoms with Crippen LogP contribution < -0.4 is 16.2 Å². The van der Waals surface area contributed by atoms with Gasteiger partial charge in [0.2, 0.25) is 5.91 Å². The van der Waals surface area contributed by atoms with Gasteiger partial charge in [-0.1, -0.05) is 0 Å². The molecular formula is C12H14FN3O2. The first-order valence-corrected chi connectivity index (χ1v) is 5.73. The van der Waals surface area contributed by atoms with E-state index in [4.69, 9.17) is 0 Å². The summed E-state index contributed by atoms with van der Waals surface area (Å²) in [5.74, 6) is -0.688. The Morgan fingerprint density at radius 3 is 2.50 bits per heavy atom. The third-order valence-electron chi connectivity index (χ3n) is 2.56. The van der Waals surface area contributed by atoms with Crippen LogP contribution in [0.25, 0.3) is 0 Å². The minimum atomic E-state index is -0.353. The summed E-state index contributed by atoms with van der Waals surface area (Å²) in [6.45, 7) is -0.0659. The molecule has 2 rings (SSSR count). The number of anilines is 1. The Morgan fingerprint density at radius 2 is 1.89 bits per heavy atom. The number of carbonyl (C=O) groups excluding carboxylic acids is 2. The molecule has 0 heterocycles. The molecule has 3 N–H and O–H groups in total. The summed E-state index contributed by atoms with van der Waals surface area (Å²) in [5, 5.41) is 2.54. The molecule has 0 bridgehead atoms. The summed E-state index contributed by atoms with van der Waals surface area (Å²) in [6, 6.07) is 5.56. The first kappa shape index (κ1) is 12.3. The lowest BCUT2D eigenvalue weighted by atomic mass is 10.3. The van der Waals surface area contributed by atoms with E-state index in [0.717, 1.165) is 12.8 Å². The zero-order valence-corrected chi connectivity index (χ0v) is 9.70. The summed E-state index contributed by atoms with van der Waals surface area (Å²) in [7, 11) is 0. The molecule has 0 unspecified atom stereocenters. The van der Waals surface area contributed by atoms with Crippen LogP contribution in [0.2, 0.25) is 0 Å². The van der Waals surface area contributed by atoms with Crippen LogP contribution >= 0.6 is 0 Å². The Kier molecular flexibility index (Phi) is 3.76. The predicted octanol–water partition coefficient (Wildman–Crippen LogP) is 0.795. The first-order valence-electron chi connectivity index (χ1n) is 5.73. The van der Waals surface area contributed by atoms with Gasteiger partial charge in [0.1, 0.15) is 5.82 Å². The van der Waals surface area contributed by atoms with E-state index in [2.05, 4.69) is 16.2 Å². The van der Waals surface area contributed by atoms with Gasteiger partial charge in [0.05, 0.1) is 12.2 Å². The maximum absolute atomic E-state index is 12.6. The fourth-order valence-electron chi connectivity index (χ4n) is 1.38. The van der Waals surface area contributed by atoms with Crippen LogP contribution in [0.1, 0.15) is 12.8 Å². The second kappa shape index (κ2) is 5.48. The number of benzene rings is 1. The summed E-state index contributed by atoms with van der Waals surface area (Å²) in [6.07, 6.45) is 1.81. The summed E-state index contributed by atoms with van der Waals surface area (Å²) in [4.78, 5) is 22.6. The minimum Gasteiger partial charge on any atom is -0.347 e. The van der Waals surface area contributed by atoms with Crippen LogP contribution in [0.3, 0.4) is 0 Å². The van der Waals surface area contributed by atoms with Crippen LogP contribution in [0.5, 0.6) is 0 Å². The van der Waals surface area contributed by atoms with E-state index in [1.165, 1.54) is 24.3 Å². The van der Waals surface area contributed by atoms with Gasteiger partial charge in [-0.15, -0.1) is 0 Å². The van der Waals surface area contributed by atoms with Gasteiger partial charge in [-0.25, -0.2) is 4.39 Å². The molecule has 18 heavy (non-hydrogen) atoms. The molecule has 2 amide bonds. The van der Waals surface area contributed by atoms with Crippen molar-refractivity contribution >= 4 is 17.5 Å². The lowest BCUT2D eigenvalue weighted by molar-refractivity contribution is -0.126. The maximum atomic E-state index is 12.6. The number of hydrazine groups is 1. The number of nitrogens with one attached hydrogen (secondary N) is 3. The number of rotatable bonds is 5. The molecule has 1 aromatic rings. The molecule has 1 aliphatic carbocycles. The van der Waals surface area contributed by atoms with Crippen LogP contribution in [0.15, 0.2) is 24.3 Å². The Hall–Kier alpha value is -2.11. The van der Waals surface area contributed by atoms with Crippen molar-refractivity contribution in [2.75, 3.05) is 12.0 Å². The van der Waals surface area contributed by atoms with Gasteiger partial charge in [0.25, 0.3) is 5.91 Å². The normalized spacial score (nSPS) is 13.8. The first-order chi connectivity index (χ1) is 8.65. The summed E-state index contributed by atoms with van der Waals surface area (Å²) < 4.78 is 12.6. The third-order valence-corrected chi connectivity index (χ3v) is 2.56. The van der Waals surface area contributed by atoms with E-state index in [9.17, 15) is 14.0 Å². The maximum Gasteiger partial charge on any atom is 0.257 e. The smallest absolute Gasteiger partial charge is 0.257 e. The van der Waals surface area contributed by atoms with Crippen molar-refractivity contribution in [3.63, 3.8) is 0 Å². The molecule has 1 saturated carbocycles. The van der Waals surface area contributed by atoms with Crippen molar-refractivity contribution in [1.82, 2.24) is 10.7 Å². The third kappa shape index (κ3) is 3.73. The molecular weight excluding hydrogens is 237 g/mol. The van der Waals surface area contributed by atoms with Gasteiger partial charge in [-0.3, -0.25) is 20.4 Å². The van der Waals surface area contributed by atoms with Crippen molar-refractivity contribution in [1.29, 1.82) is 0 Å². The molecule has 0 saturated heterocycles. The molecule has 0 aromatic heterocycles. The van der Waals surface area contributed by atoms with E-state index < -0.39 is 0 Å². The lowest BCUT2D eigenvalue weighted by Crippen LogP contribution is -2.39. The van der Waals surface area contributed by atoms with Gasteiger partial charge in [-0.05, 0) is 37.1 Å². The van der Waals surface area contributed by atoms with Crippen LogP contribution in [-0.4, -0.2) is 18.4 Å². The highest BCUT2D eigenvalue weighted by Gasteiger charge is 2.29. The molecule has 1 aliphatic rings. The van der Waals surface area contributed by atoms with Crippen molar-refractivity contribution in [2.45, 2.75) is 12.8 Å². The Bertz CT molecular complexity index is 443. The highest BCUT2D eigenvalue weighted by molar-refractivity contribution is 5.87. The average Bonchev–Trinajstić information content (AvgIpc) is 3.19. The van der Waals surface area contributed by atoms with Crippen molar-refractivity contribution in [2.24, 2.45) is 5.92 Å². The van der Waals surface area contributed by atoms with E-state index in [-0.39, 0.29) is 30.1 Å². The number of halogens is 1. The van der Waals surface area contributed by atoms with Crippen molar-refractivity contribution < 1.29 is 14.0 Å². The quantitative estimate of drug-likeness (QED) is 0.678. The zero-order valence-electron chi connectivity index (χ0n) is 9.70. The molecule has 1 fully saturated rings. The Balaban J connectivity index is 1.67. The SMILES string of the molecule is O=C(CNC(=O)C1CC1)NNc1ccc(F)cc1. The minimum absolute atomic E-state index is 0.0659. The van der Waals surface area contributed by atoms with Gasteiger partial charge >= 0.3 is 0 Å². The summed E-state index contributed by atoms with van der Waals surface area (Å²) >= 11 is 0. The molecule has 1 aromatic carbocycles. The number of carbonyl (C=O) groups is 2. The molecule has 6 heteroatoms. The second-order valence-electron chi connectivity index (χ2n) is 4.17. The molecule has 5 nitrogen and oxygen atoms in total. The summed E-state index contributed by atoms with van der Waals surface area (Å²) in [5.41, 5.74) is 5.60. The molecule has 0 aliphatic heterocycles. The fourth-order valence-corrected chi connectivity index (χ4v) is 1.38. The molecule has 0 radical (unpaired) electrons. The largest absolute Gasteiger partial charge is 0.347 e. The van der Waals surface area contributed by atoms with E-state index in [1.54, 1.807) is 0 Å². The van der Waals surface area contributed by atoms with E-state index in [1.807, 2.05) is 0 Å². The fraction of sp³-hybridized carbons (Fsp3) is 0.333. The van der Waals surface area contributed by atoms with Gasteiger partial charge < -0.3 is 5.32 Å². The van der Waals surface area contributed by atoms with Gasteiger partial charge in [-0.2, -0.15) is 0 Å². The highest BCUT2D eigenvalue weighted by atomic mass is 19.1. The lowest BCUT2D eigenvalue weighted by Gasteiger charge is -2.09. The number of amides is 2.